The molecule has 2 fully saturated rings. The van der Waals surface area contributed by atoms with Crippen LogP contribution in [-0.4, -0.2) is 34.3 Å². The minimum Gasteiger partial charge on any atom is -0.355 e. The van der Waals surface area contributed by atoms with E-state index in [0.717, 1.165) is 24.8 Å². The van der Waals surface area contributed by atoms with E-state index in [9.17, 15) is 0 Å². The van der Waals surface area contributed by atoms with E-state index in [4.69, 9.17) is 0 Å². The Morgan fingerprint density at radius 3 is 2.63 bits per heavy atom. The van der Waals surface area contributed by atoms with Gasteiger partial charge in [0.05, 0.1) is 6.20 Å². The Morgan fingerprint density at radius 1 is 1.16 bits per heavy atom. The third kappa shape index (κ3) is 3.14. The average molecular weight is 261 g/mol. The molecule has 0 unspecified atom stereocenters. The predicted octanol–water partition coefficient (Wildman–Crippen LogP) is 2.46. The molecular formula is C14H23N5. The maximum Gasteiger partial charge on any atom is 0.244 e. The van der Waals surface area contributed by atoms with E-state index in [-0.39, 0.29) is 0 Å². The first kappa shape index (κ1) is 12.6. The number of rotatable bonds is 3. The van der Waals surface area contributed by atoms with Crippen molar-refractivity contribution in [2.24, 2.45) is 5.92 Å². The second kappa shape index (κ2) is 5.72. The van der Waals surface area contributed by atoms with Crippen molar-refractivity contribution in [1.29, 1.82) is 0 Å². The summed E-state index contributed by atoms with van der Waals surface area (Å²) in [5.41, 5.74) is 0. The number of piperidine rings is 1. The Hall–Kier alpha value is -1.39. The normalized spacial score (nSPS) is 21.8. The molecule has 0 atom stereocenters. The minimum atomic E-state index is 0.540. The molecule has 104 valence electrons. The fourth-order valence-corrected chi connectivity index (χ4v) is 3.00. The van der Waals surface area contributed by atoms with Crippen LogP contribution in [0, 0.1) is 5.92 Å². The summed E-state index contributed by atoms with van der Waals surface area (Å²) in [5, 5.41) is 11.6. The van der Waals surface area contributed by atoms with Crippen LogP contribution in [0.3, 0.4) is 0 Å². The second-order valence-corrected chi connectivity index (χ2v) is 5.93. The predicted molar refractivity (Wildman–Crippen MR) is 76.3 cm³/mol. The lowest BCUT2D eigenvalue weighted by molar-refractivity contribution is 0.436. The van der Waals surface area contributed by atoms with Crippen LogP contribution < -0.4 is 10.2 Å². The minimum absolute atomic E-state index is 0.540. The van der Waals surface area contributed by atoms with E-state index < -0.39 is 0 Å². The first-order valence-electron chi connectivity index (χ1n) is 7.52. The molecule has 0 amide bonds. The fourth-order valence-electron chi connectivity index (χ4n) is 3.00. The van der Waals surface area contributed by atoms with Crippen molar-refractivity contribution in [2.45, 2.75) is 51.5 Å². The van der Waals surface area contributed by atoms with Crippen LogP contribution in [0.1, 0.15) is 45.4 Å². The molecule has 5 heteroatoms. The SMILES string of the molecule is CC1CCN(c2cnnc(NC3CCCC3)n2)CC1. The van der Waals surface area contributed by atoms with Crippen molar-refractivity contribution in [2.75, 3.05) is 23.3 Å². The first-order chi connectivity index (χ1) is 9.31. The smallest absolute Gasteiger partial charge is 0.244 e. The van der Waals surface area contributed by atoms with Gasteiger partial charge in [-0.15, -0.1) is 5.10 Å². The van der Waals surface area contributed by atoms with Crippen LogP contribution in [0.4, 0.5) is 11.8 Å². The summed E-state index contributed by atoms with van der Waals surface area (Å²) >= 11 is 0. The Labute approximate surface area is 114 Å². The van der Waals surface area contributed by atoms with E-state index in [2.05, 4.69) is 32.3 Å². The van der Waals surface area contributed by atoms with Gasteiger partial charge in [0.15, 0.2) is 5.82 Å². The van der Waals surface area contributed by atoms with Gasteiger partial charge in [0.2, 0.25) is 5.95 Å². The van der Waals surface area contributed by atoms with Crippen LogP contribution in [-0.2, 0) is 0 Å². The molecule has 0 bridgehead atoms. The third-order valence-corrected chi connectivity index (χ3v) is 4.34. The second-order valence-electron chi connectivity index (χ2n) is 5.93. The molecule has 1 N–H and O–H groups in total. The number of aromatic nitrogens is 3. The molecule has 3 rings (SSSR count). The topological polar surface area (TPSA) is 53.9 Å². The molecule has 2 heterocycles. The number of hydrogen-bond acceptors (Lipinski definition) is 5. The fraction of sp³-hybridized carbons (Fsp3) is 0.786. The molecule has 1 saturated heterocycles. The summed E-state index contributed by atoms with van der Waals surface area (Å²) in [6.45, 7) is 4.49. The molecule has 19 heavy (non-hydrogen) atoms. The van der Waals surface area contributed by atoms with E-state index in [1.54, 1.807) is 6.20 Å². The Bertz CT molecular complexity index is 408. The lowest BCUT2D eigenvalue weighted by Crippen LogP contribution is -2.33. The Kier molecular flexibility index (Phi) is 3.80. The highest BCUT2D eigenvalue weighted by Crippen LogP contribution is 2.23. The lowest BCUT2D eigenvalue weighted by atomic mass is 9.99. The van der Waals surface area contributed by atoms with E-state index in [1.165, 1.54) is 38.5 Å². The van der Waals surface area contributed by atoms with Gasteiger partial charge < -0.3 is 10.2 Å². The van der Waals surface area contributed by atoms with Crippen LogP contribution in [0.5, 0.6) is 0 Å². The van der Waals surface area contributed by atoms with Crippen molar-refractivity contribution in [1.82, 2.24) is 15.2 Å². The molecule has 1 saturated carbocycles. The van der Waals surface area contributed by atoms with Crippen LogP contribution in [0.25, 0.3) is 0 Å². The first-order valence-corrected chi connectivity index (χ1v) is 7.52. The number of nitrogens with zero attached hydrogens (tertiary/aromatic N) is 4. The van der Waals surface area contributed by atoms with Gasteiger partial charge in [0, 0.05) is 19.1 Å². The largest absolute Gasteiger partial charge is 0.355 e. The molecule has 2 aliphatic rings. The summed E-state index contributed by atoms with van der Waals surface area (Å²) in [6, 6.07) is 0.540. The molecule has 1 aliphatic heterocycles. The molecule has 5 nitrogen and oxygen atoms in total. The number of nitrogens with one attached hydrogen (secondary N) is 1. The van der Waals surface area contributed by atoms with E-state index >= 15 is 0 Å². The third-order valence-electron chi connectivity index (χ3n) is 4.34. The summed E-state index contributed by atoms with van der Waals surface area (Å²) in [6.07, 6.45) is 9.37. The molecular weight excluding hydrogens is 238 g/mol. The van der Waals surface area contributed by atoms with Crippen LogP contribution in [0.2, 0.25) is 0 Å². The van der Waals surface area contributed by atoms with Gasteiger partial charge in [-0.25, -0.2) is 0 Å². The monoisotopic (exact) mass is 261 g/mol. The maximum absolute atomic E-state index is 4.63. The highest BCUT2D eigenvalue weighted by molar-refractivity contribution is 5.41. The van der Waals surface area contributed by atoms with Gasteiger partial charge in [-0.1, -0.05) is 19.8 Å². The molecule has 0 radical (unpaired) electrons. The molecule has 0 aromatic carbocycles. The summed E-state index contributed by atoms with van der Waals surface area (Å²) in [4.78, 5) is 6.95. The zero-order valence-corrected chi connectivity index (χ0v) is 11.7. The summed E-state index contributed by atoms with van der Waals surface area (Å²) in [7, 11) is 0. The average Bonchev–Trinajstić information content (AvgIpc) is 2.93. The summed E-state index contributed by atoms with van der Waals surface area (Å²) < 4.78 is 0. The van der Waals surface area contributed by atoms with Gasteiger partial charge in [0.1, 0.15) is 0 Å². The van der Waals surface area contributed by atoms with Crippen LogP contribution >= 0.6 is 0 Å². The maximum atomic E-state index is 4.63. The van der Waals surface area contributed by atoms with E-state index in [1.807, 2.05) is 0 Å². The zero-order valence-electron chi connectivity index (χ0n) is 11.7. The van der Waals surface area contributed by atoms with Crippen molar-refractivity contribution < 1.29 is 0 Å². The van der Waals surface area contributed by atoms with Crippen molar-refractivity contribution >= 4 is 11.8 Å². The lowest BCUT2D eigenvalue weighted by Gasteiger charge is -2.30. The molecule has 1 aromatic heterocycles. The standard InChI is InChI=1S/C14H23N5/c1-11-6-8-19(9-7-11)13-10-15-18-14(17-13)16-12-4-2-3-5-12/h10-12H,2-9H2,1H3,(H,16,17,18). The van der Waals surface area contributed by atoms with Gasteiger partial charge >= 0.3 is 0 Å². The number of anilines is 2. The van der Waals surface area contributed by atoms with Gasteiger partial charge in [-0.3, -0.25) is 0 Å². The highest BCUT2D eigenvalue weighted by Gasteiger charge is 2.19. The summed E-state index contributed by atoms with van der Waals surface area (Å²) in [5.74, 6) is 2.51. The van der Waals surface area contributed by atoms with E-state index in [0.29, 0.717) is 12.0 Å². The zero-order chi connectivity index (χ0) is 13.1. The van der Waals surface area contributed by atoms with Gasteiger partial charge in [-0.2, -0.15) is 10.1 Å². The highest BCUT2D eigenvalue weighted by atomic mass is 15.3. The van der Waals surface area contributed by atoms with Crippen LogP contribution in [0.15, 0.2) is 6.20 Å². The Balaban J connectivity index is 1.65. The van der Waals surface area contributed by atoms with Gasteiger partial charge in [-0.05, 0) is 31.6 Å². The molecule has 1 aromatic rings. The number of hydrogen-bond donors (Lipinski definition) is 1. The Morgan fingerprint density at radius 2 is 1.89 bits per heavy atom. The van der Waals surface area contributed by atoms with Crippen molar-refractivity contribution in [3.63, 3.8) is 0 Å². The van der Waals surface area contributed by atoms with Gasteiger partial charge in [0.25, 0.3) is 0 Å². The van der Waals surface area contributed by atoms with Crippen molar-refractivity contribution in [3.05, 3.63) is 6.20 Å². The quantitative estimate of drug-likeness (QED) is 0.906. The molecule has 0 spiro atoms. The molecule has 1 aliphatic carbocycles. The van der Waals surface area contributed by atoms with Crippen molar-refractivity contribution in [3.8, 4) is 0 Å².